The molecule has 0 aromatic heterocycles. The Kier molecular flexibility index (Phi) is 3.40. The average Bonchev–Trinajstić information content (AvgIpc) is 3.11. The number of nitrogens with one attached hydrogen (secondary N) is 1. The molecule has 104 valence electrons. The van der Waals surface area contributed by atoms with E-state index in [0.717, 1.165) is 12.8 Å². The standard InChI is InChI=1S/C13H17NO4S/c1-13(2,10-6-7-10)14-19(17,18)11-5-3-4-9(8-11)12(15)16/h3-5,8,10,14H,6-7H2,1-2H3,(H,15,16). The van der Waals surface area contributed by atoms with Crippen LogP contribution in [-0.4, -0.2) is 25.0 Å². The van der Waals surface area contributed by atoms with Crippen LogP contribution < -0.4 is 4.72 Å². The van der Waals surface area contributed by atoms with E-state index < -0.39 is 21.5 Å². The Morgan fingerprint density at radius 3 is 2.53 bits per heavy atom. The van der Waals surface area contributed by atoms with E-state index in [4.69, 9.17) is 5.11 Å². The topological polar surface area (TPSA) is 83.5 Å². The maximum Gasteiger partial charge on any atom is 0.335 e. The molecule has 0 atom stereocenters. The Balaban J connectivity index is 2.29. The van der Waals surface area contributed by atoms with Crippen LogP contribution in [0.3, 0.4) is 0 Å². The van der Waals surface area contributed by atoms with Gasteiger partial charge < -0.3 is 5.11 Å². The van der Waals surface area contributed by atoms with Gasteiger partial charge in [-0.1, -0.05) is 6.07 Å². The number of hydrogen-bond donors (Lipinski definition) is 2. The lowest BCUT2D eigenvalue weighted by Gasteiger charge is -2.25. The van der Waals surface area contributed by atoms with Gasteiger partial charge in [-0.3, -0.25) is 0 Å². The van der Waals surface area contributed by atoms with Gasteiger partial charge in [0.15, 0.2) is 0 Å². The SMILES string of the molecule is CC(C)(NS(=O)(=O)c1cccc(C(=O)O)c1)C1CC1. The van der Waals surface area contributed by atoms with Gasteiger partial charge in [0.05, 0.1) is 10.5 Å². The minimum atomic E-state index is -3.69. The Morgan fingerprint density at radius 1 is 1.37 bits per heavy atom. The zero-order valence-corrected chi connectivity index (χ0v) is 11.7. The fraction of sp³-hybridized carbons (Fsp3) is 0.462. The molecule has 1 aliphatic rings. The lowest BCUT2D eigenvalue weighted by Crippen LogP contribution is -2.45. The largest absolute Gasteiger partial charge is 0.478 e. The number of benzene rings is 1. The number of carboxylic acid groups (broad SMARTS) is 1. The van der Waals surface area contributed by atoms with Gasteiger partial charge in [0.25, 0.3) is 0 Å². The van der Waals surface area contributed by atoms with Crippen LogP contribution in [0.1, 0.15) is 37.0 Å². The van der Waals surface area contributed by atoms with Crippen LogP contribution >= 0.6 is 0 Å². The highest BCUT2D eigenvalue weighted by Crippen LogP contribution is 2.39. The lowest BCUT2D eigenvalue weighted by atomic mass is 10.0. The predicted octanol–water partition coefficient (Wildman–Crippen LogP) is 1.85. The zero-order valence-electron chi connectivity index (χ0n) is 10.9. The molecule has 0 radical (unpaired) electrons. The molecule has 0 spiro atoms. The number of carboxylic acids is 1. The van der Waals surface area contributed by atoms with Crippen molar-refractivity contribution in [2.75, 3.05) is 0 Å². The number of aromatic carboxylic acids is 1. The fourth-order valence-electron chi connectivity index (χ4n) is 2.09. The van der Waals surface area contributed by atoms with Gasteiger partial charge in [-0.25, -0.2) is 17.9 Å². The highest BCUT2D eigenvalue weighted by molar-refractivity contribution is 7.89. The van der Waals surface area contributed by atoms with Gasteiger partial charge >= 0.3 is 5.97 Å². The van der Waals surface area contributed by atoms with E-state index >= 15 is 0 Å². The van der Waals surface area contributed by atoms with Gasteiger partial charge in [-0.15, -0.1) is 0 Å². The Hall–Kier alpha value is -1.40. The van der Waals surface area contributed by atoms with Crippen LogP contribution in [-0.2, 0) is 10.0 Å². The number of hydrogen-bond acceptors (Lipinski definition) is 3. The smallest absolute Gasteiger partial charge is 0.335 e. The minimum absolute atomic E-state index is 0.0128. The first kappa shape index (κ1) is 14.0. The van der Waals surface area contributed by atoms with Crippen molar-refractivity contribution in [2.45, 2.75) is 37.1 Å². The van der Waals surface area contributed by atoms with Crippen molar-refractivity contribution < 1.29 is 18.3 Å². The van der Waals surface area contributed by atoms with Crippen molar-refractivity contribution in [3.05, 3.63) is 29.8 Å². The third-order valence-corrected chi connectivity index (χ3v) is 5.06. The molecule has 2 rings (SSSR count). The molecule has 2 N–H and O–H groups in total. The molecule has 1 saturated carbocycles. The normalized spacial score (nSPS) is 16.3. The van der Waals surface area contributed by atoms with Crippen LogP contribution in [0.2, 0.25) is 0 Å². The van der Waals surface area contributed by atoms with Crippen molar-refractivity contribution in [2.24, 2.45) is 5.92 Å². The molecule has 0 aliphatic heterocycles. The molecule has 0 amide bonds. The van der Waals surface area contributed by atoms with Crippen LogP contribution in [0.5, 0.6) is 0 Å². The number of carbonyl (C=O) groups is 1. The van der Waals surface area contributed by atoms with Crippen molar-refractivity contribution in [1.82, 2.24) is 4.72 Å². The second-order valence-electron chi connectivity index (χ2n) is 5.43. The third-order valence-electron chi connectivity index (χ3n) is 3.39. The summed E-state index contributed by atoms with van der Waals surface area (Å²) in [4.78, 5) is 10.9. The molecule has 0 heterocycles. The molecule has 6 heteroatoms. The molecule has 1 aromatic rings. The molecular formula is C13H17NO4S. The van der Waals surface area contributed by atoms with Crippen molar-refractivity contribution in [3.63, 3.8) is 0 Å². The first-order valence-electron chi connectivity index (χ1n) is 6.10. The summed E-state index contributed by atoms with van der Waals surface area (Å²) in [5, 5.41) is 8.89. The van der Waals surface area contributed by atoms with E-state index in [0.29, 0.717) is 5.92 Å². The molecule has 1 fully saturated rings. The molecule has 5 nitrogen and oxygen atoms in total. The summed E-state index contributed by atoms with van der Waals surface area (Å²) in [6.07, 6.45) is 2.04. The summed E-state index contributed by atoms with van der Waals surface area (Å²) < 4.78 is 27.2. The van der Waals surface area contributed by atoms with Crippen molar-refractivity contribution in [3.8, 4) is 0 Å². The van der Waals surface area contributed by atoms with Crippen LogP contribution in [0.25, 0.3) is 0 Å². The number of sulfonamides is 1. The second kappa shape index (κ2) is 4.61. The average molecular weight is 283 g/mol. The monoisotopic (exact) mass is 283 g/mol. The second-order valence-corrected chi connectivity index (χ2v) is 7.12. The molecule has 0 unspecified atom stereocenters. The molecule has 19 heavy (non-hydrogen) atoms. The van der Waals surface area contributed by atoms with E-state index in [1.54, 1.807) is 0 Å². The van der Waals surface area contributed by atoms with E-state index in [9.17, 15) is 13.2 Å². The summed E-state index contributed by atoms with van der Waals surface area (Å²) in [6.45, 7) is 3.70. The van der Waals surface area contributed by atoms with E-state index in [1.165, 1.54) is 24.3 Å². The minimum Gasteiger partial charge on any atom is -0.478 e. The lowest BCUT2D eigenvalue weighted by molar-refractivity contribution is 0.0696. The van der Waals surface area contributed by atoms with Gasteiger partial charge in [-0.2, -0.15) is 0 Å². The van der Waals surface area contributed by atoms with Crippen LogP contribution in [0.4, 0.5) is 0 Å². The molecule has 1 aromatic carbocycles. The summed E-state index contributed by atoms with van der Waals surface area (Å²) in [5.41, 5.74) is -0.537. The molecule has 0 bridgehead atoms. The first-order valence-corrected chi connectivity index (χ1v) is 7.58. The quantitative estimate of drug-likeness (QED) is 0.864. The van der Waals surface area contributed by atoms with E-state index in [-0.39, 0.29) is 10.5 Å². The number of rotatable bonds is 5. The van der Waals surface area contributed by atoms with Crippen LogP contribution in [0.15, 0.2) is 29.2 Å². The third kappa shape index (κ3) is 3.13. The maximum atomic E-state index is 12.3. The summed E-state index contributed by atoms with van der Waals surface area (Å²) in [6, 6.07) is 5.38. The Bertz CT molecular complexity index is 603. The maximum absolute atomic E-state index is 12.3. The summed E-state index contributed by atoms with van der Waals surface area (Å²) >= 11 is 0. The van der Waals surface area contributed by atoms with Gasteiger partial charge in [0, 0.05) is 5.54 Å². The first-order chi connectivity index (χ1) is 8.72. The highest BCUT2D eigenvalue weighted by Gasteiger charge is 2.40. The van der Waals surface area contributed by atoms with Crippen molar-refractivity contribution >= 4 is 16.0 Å². The zero-order chi connectivity index (χ0) is 14.3. The summed E-state index contributed by atoms with van der Waals surface area (Å²) in [7, 11) is -3.69. The fourth-order valence-corrected chi connectivity index (χ4v) is 3.61. The Morgan fingerprint density at radius 2 is 2.00 bits per heavy atom. The van der Waals surface area contributed by atoms with Gasteiger partial charge in [-0.05, 0) is 50.8 Å². The van der Waals surface area contributed by atoms with Gasteiger partial charge in [0.2, 0.25) is 10.0 Å². The molecular weight excluding hydrogens is 266 g/mol. The van der Waals surface area contributed by atoms with E-state index in [1.807, 2.05) is 13.8 Å². The van der Waals surface area contributed by atoms with Gasteiger partial charge in [0.1, 0.15) is 0 Å². The Labute approximate surface area is 112 Å². The van der Waals surface area contributed by atoms with Crippen molar-refractivity contribution in [1.29, 1.82) is 0 Å². The van der Waals surface area contributed by atoms with E-state index in [2.05, 4.69) is 4.72 Å². The predicted molar refractivity (Wildman–Crippen MR) is 70.5 cm³/mol. The molecule has 0 saturated heterocycles. The summed E-state index contributed by atoms with van der Waals surface area (Å²) in [5.74, 6) is -0.788. The molecule has 1 aliphatic carbocycles. The highest BCUT2D eigenvalue weighted by atomic mass is 32.2. The van der Waals surface area contributed by atoms with Crippen LogP contribution in [0, 0.1) is 5.92 Å².